The van der Waals surface area contributed by atoms with Crippen molar-refractivity contribution in [1.82, 2.24) is 0 Å². The van der Waals surface area contributed by atoms with Crippen LogP contribution in [0.5, 0.6) is 11.5 Å². The van der Waals surface area contributed by atoms with Gasteiger partial charge in [0, 0.05) is 24.0 Å². The summed E-state index contributed by atoms with van der Waals surface area (Å²) in [6, 6.07) is 35.0. The Morgan fingerprint density at radius 1 is 0.348 bits per heavy atom. The van der Waals surface area contributed by atoms with Crippen molar-refractivity contribution in [3.8, 4) is 33.8 Å². The highest BCUT2D eigenvalue weighted by molar-refractivity contribution is 5.83. The standard InChI is InChI=1S/C28H32O4.C22H34O4.2C18H30O3.C11H20O3.C11H22O3.C10H18O3/c1-5-28(3,4)27(29)32-21(2)30-19-20-31-26-24(22-13-8-6-9-14-22)17-12-18-25(26)23-15-10-7-11-16-23;1-5-22(3,4)21(23)26-17(2)24-15-16-25-20-13-11-19(12-14-20)18-9-7-6-8-10-18;1-5-17(3,4)16(19)20-12(2)21-18-9-13-6-14(10-18)8-15(7-13)11-18;1-5-18(3,4)17(19)21-11(2)20-16-10-12-9-15(16)14-8-6-7-13(12)14;1-4-11(2,3)10(12)14-9-7-5-6-8-13-9;1-6-8-13-9(3)14-10(12)11(4,5)7-2;1-4-10(2,3)9(11)13-8-6-5-7-12-8/h6-18,21H,5,19-20H2,1-4H3;11-14,17-18H,5-10,15-16H2,1-4H3;12-15H,5-11H2,1-4H3;11-16H,5-10H2,1-4H3;9H,4-8H2,1-3H3;9H,6-8H2,1-5H3;8H,4-7H2,1-3H3. The largest absolute Gasteiger partial charge is 0.491 e. The van der Waals surface area contributed by atoms with E-state index in [-0.39, 0.29) is 70.8 Å². The molecule has 0 spiro atoms. The monoisotopic (exact) mass is 1970 g/mol. The van der Waals surface area contributed by atoms with Crippen molar-refractivity contribution in [3.63, 3.8) is 0 Å². The van der Waals surface area contributed by atoms with Gasteiger partial charge >= 0.3 is 41.8 Å². The Hall–Kier alpha value is -7.51. The van der Waals surface area contributed by atoms with Gasteiger partial charge in [0.15, 0.2) is 25.2 Å². The minimum absolute atomic E-state index is 0.00477. The highest BCUT2D eigenvalue weighted by atomic mass is 16.7. The molecular weight excluding hydrogens is 1790 g/mol. The van der Waals surface area contributed by atoms with E-state index < -0.39 is 58.5 Å². The van der Waals surface area contributed by atoms with Gasteiger partial charge in [-0.2, -0.15) is 0 Å². The number of carbonyl (C=O) groups is 7. The van der Waals surface area contributed by atoms with Gasteiger partial charge in [0.25, 0.3) is 0 Å². The molecule has 796 valence electrons. The molecule has 4 aromatic rings. The molecule has 0 aromatic heterocycles. The maximum absolute atomic E-state index is 12.2. The molecule has 23 heteroatoms. The van der Waals surface area contributed by atoms with E-state index in [0.29, 0.717) is 64.7 Å². The summed E-state index contributed by atoms with van der Waals surface area (Å²) in [7, 11) is 0. The minimum atomic E-state index is -0.630. The third-order valence-corrected chi connectivity index (χ3v) is 31.1. The molecule has 12 unspecified atom stereocenters. The number of carbonyl (C=O) groups excluding carboxylic acids is 7. The van der Waals surface area contributed by atoms with Gasteiger partial charge in [0.1, 0.15) is 24.7 Å². The number of para-hydroxylation sites is 1. The zero-order valence-electron chi connectivity index (χ0n) is 91.9. The van der Waals surface area contributed by atoms with Gasteiger partial charge in [0.05, 0.1) is 82.6 Å². The van der Waals surface area contributed by atoms with Crippen molar-refractivity contribution in [1.29, 1.82) is 0 Å². The van der Waals surface area contributed by atoms with Gasteiger partial charge in [0.2, 0.25) is 18.9 Å². The van der Waals surface area contributed by atoms with Gasteiger partial charge < -0.3 is 75.8 Å². The molecular formula is C118H186O23. The molecule has 4 aromatic carbocycles. The van der Waals surface area contributed by atoms with Crippen LogP contribution < -0.4 is 9.47 Å². The quantitative estimate of drug-likeness (QED) is 0.0173. The highest BCUT2D eigenvalue weighted by Crippen LogP contribution is 2.60. The van der Waals surface area contributed by atoms with Crippen LogP contribution in [0.3, 0.4) is 0 Å². The Kier molecular flexibility index (Phi) is 49.2. The van der Waals surface area contributed by atoms with Crippen LogP contribution in [0.4, 0.5) is 0 Å². The fraction of sp³-hybridized carbons (Fsp3) is 0.737. The SMILES string of the molecule is CCC(C)(C)C(=O)OC(C)OC12CC3CC(CC(C3)C1)C2.CCC(C)(C)C(=O)OC(C)OC1CC2CC1C1CCCC21.CCC(C)(C)C(=O)OC(C)OCCOc1c(-c2ccccc2)cccc1-c1ccccc1.CCC(C)(C)C(=O)OC(C)OCCOc1ccc(C2CCCCC2)cc1.CCC(C)(C)C(=O)OC1CCCCO1.CCC(C)(C)C(=O)OC1CCCO1.CCCOC(C)OC(=O)C(C)(C)CC. The van der Waals surface area contributed by atoms with Crippen molar-refractivity contribution in [2.75, 3.05) is 46.2 Å². The molecule has 141 heavy (non-hydrogen) atoms. The second-order valence-corrected chi connectivity index (χ2v) is 45.3. The first-order valence-corrected chi connectivity index (χ1v) is 54.1. The van der Waals surface area contributed by atoms with Crippen molar-refractivity contribution in [2.24, 2.45) is 79.3 Å². The molecule has 8 aliphatic carbocycles. The first-order chi connectivity index (χ1) is 66.6. The van der Waals surface area contributed by atoms with E-state index in [1.807, 2.05) is 221 Å². The third-order valence-electron chi connectivity index (χ3n) is 31.1. The van der Waals surface area contributed by atoms with E-state index in [1.165, 1.54) is 108 Å². The second kappa shape index (κ2) is 57.6. The zero-order valence-corrected chi connectivity index (χ0v) is 91.9. The molecule has 2 heterocycles. The lowest BCUT2D eigenvalue weighted by molar-refractivity contribution is -0.248. The Morgan fingerprint density at radius 2 is 0.723 bits per heavy atom. The number of hydrogen-bond acceptors (Lipinski definition) is 23. The molecule has 0 amide bonds. The fourth-order valence-electron chi connectivity index (χ4n) is 19.3. The molecule has 2 saturated heterocycles. The van der Waals surface area contributed by atoms with Crippen LogP contribution in [0.25, 0.3) is 22.3 Å². The summed E-state index contributed by atoms with van der Waals surface area (Å²) in [5.74, 6) is 7.16. The average Bonchev–Trinajstić information content (AvgIpc) is 1.64. The van der Waals surface area contributed by atoms with Gasteiger partial charge in [-0.15, -0.1) is 0 Å². The smallest absolute Gasteiger partial charge is 0.313 e. The normalized spacial score (nSPS) is 23.4. The van der Waals surface area contributed by atoms with Crippen molar-refractivity contribution >= 4 is 41.8 Å². The highest BCUT2D eigenvalue weighted by Gasteiger charge is 2.56. The molecule has 12 atom stereocenters. The molecule has 10 fully saturated rings. The third kappa shape index (κ3) is 38.4. The predicted molar refractivity (Wildman–Crippen MR) is 554 cm³/mol. The van der Waals surface area contributed by atoms with Crippen LogP contribution in [-0.2, 0) is 99.9 Å². The van der Waals surface area contributed by atoms with E-state index in [1.54, 1.807) is 20.8 Å². The van der Waals surface area contributed by atoms with E-state index in [4.69, 9.17) is 75.8 Å². The molecule has 0 radical (unpaired) electrons. The first-order valence-electron chi connectivity index (χ1n) is 54.1. The summed E-state index contributed by atoms with van der Waals surface area (Å²) in [5.41, 5.74) is 2.64. The zero-order chi connectivity index (χ0) is 104. The fourth-order valence-corrected chi connectivity index (χ4v) is 19.3. The maximum Gasteiger partial charge on any atom is 0.313 e. The van der Waals surface area contributed by atoms with E-state index in [0.717, 1.165) is 152 Å². The van der Waals surface area contributed by atoms with Crippen molar-refractivity contribution < 1.29 is 109 Å². The van der Waals surface area contributed by atoms with Gasteiger partial charge in [-0.05, 0) is 355 Å². The van der Waals surface area contributed by atoms with Crippen molar-refractivity contribution in [3.05, 3.63) is 109 Å². The van der Waals surface area contributed by atoms with Crippen LogP contribution in [-0.4, -0.2) is 144 Å². The maximum atomic E-state index is 12.2. The molecule has 10 aliphatic rings. The second-order valence-electron chi connectivity index (χ2n) is 45.3. The summed E-state index contributed by atoms with van der Waals surface area (Å²) in [6.45, 7) is 55.0. The van der Waals surface area contributed by atoms with Crippen LogP contribution >= 0.6 is 0 Å². The van der Waals surface area contributed by atoms with Crippen LogP contribution in [0.2, 0.25) is 0 Å². The predicted octanol–water partition coefficient (Wildman–Crippen LogP) is 28.0. The molecule has 14 rings (SSSR count). The summed E-state index contributed by atoms with van der Waals surface area (Å²) in [5, 5.41) is 0. The molecule has 0 N–H and O–H groups in total. The van der Waals surface area contributed by atoms with Crippen LogP contribution in [0.15, 0.2) is 103 Å². The van der Waals surface area contributed by atoms with Crippen LogP contribution in [0, 0.1) is 79.3 Å². The van der Waals surface area contributed by atoms with E-state index in [9.17, 15) is 33.6 Å². The minimum Gasteiger partial charge on any atom is -0.491 e. The van der Waals surface area contributed by atoms with Crippen molar-refractivity contribution in [2.45, 2.75) is 435 Å². The summed E-state index contributed by atoms with van der Waals surface area (Å²) < 4.78 is 89.0. The van der Waals surface area contributed by atoms with Gasteiger partial charge in [-0.3, -0.25) is 33.6 Å². The number of fused-ring (bicyclic) bond motifs is 5. The Balaban J connectivity index is 0.000000229. The van der Waals surface area contributed by atoms with Gasteiger partial charge in [-0.1, -0.05) is 172 Å². The summed E-state index contributed by atoms with van der Waals surface area (Å²) >= 11 is 0. The lowest BCUT2D eigenvalue weighted by Crippen LogP contribution is -2.53. The molecule has 6 bridgehead atoms. The molecule has 8 saturated carbocycles. The summed E-state index contributed by atoms with van der Waals surface area (Å²) in [6.07, 6.45) is 29.6. The van der Waals surface area contributed by atoms with E-state index in [2.05, 4.69) is 48.5 Å². The summed E-state index contributed by atoms with van der Waals surface area (Å²) in [4.78, 5) is 83.3. The number of benzene rings is 4. The Labute approximate surface area is 849 Å². The van der Waals surface area contributed by atoms with Crippen LogP contribution in [0.1, 0.15) is 385 Å². The lowest BCUT2D eigenvalue weighted by Gasteiger charge is -2.56. The Morgan fingerprint density at radius 3 is 1.12 bits per heavy atom. The molecule has 23 nitrogen and oxygen atoms in total. The topological polar surface area (TPSA) is 267 Å². The van der Waals surface area contributed by atoms with E-state index >= 15 is 0 Å². The molecule has 2 aliphatic heterocycles. The number of hydrogen-bond donors (Lipinski definition) is 0. The number of ether oxygens (including phenoxy) is 16. The average molecular weight is 1970 g/mol. The number of esters is 7. The first kappa shape index (κ1) is 120. The Bertz CT molecular complexity index is 4250. The lowest BCUT2D eigenvalue weighted by atomic mass is 9.54. The number of rotatable bonds is 41. The van der Waals surface area contributed by atoms with Gasteiger partial charge in [-0.25, -0.2) is 0 Å².